The number of hydrogen-bond acceptors (Lipinski definition) is 0. The van der Waals surface area contributed by atoms with Crippen LogP contribution < -0.4 is 0 Å². The number of aryl methyl sites for hydroxylation is 2. The minimum absolute atomic E-state index is 0.128. The van der Waals surface area contributed by atoms with Gasteiger partial charge in [0, 0.05) is 5.33 Å². The first kappa shape index (κ1) is 11.7. The molecule has 2 heteroatoms. The molecule has 14 heavy (non-hydrogen) atoms. The molecule has 1 aromatic rings. The van der Waals surface area contributed by atoms with Gasteiger partial charge in [-0.2, -0.15) is 0 Å². The highest BCUT2D eigenvalue weighted by molar-refractivity contribution is 9.09. The maximum absolute atomic E-state index is 12.9. The monoisotopic (exact) mass is 258 g/mol. The van der Waals surface area contributed by atoms with Gasteiger partial charge in [0.1, 0.15) is 5.82 Å². The molecule has 0 saturated carbocycles. The van der Waals surface area contributed by atoms with Gasteiger partial charge in [-0.15, -0.1) is 0 Å². The van der Waals surface area contributed by atoms with Gasteiger partial charge in [0.25, 0.3) is 0 Å². The third-order valence-electron chi connectivity index (χ3n) is 2.48. The number of halogens is 2. The Balaban J connectivity index is 2.62. The minimum Gasteiger partial charge on any atom is -0.207 e. The molecule has 0 nitrogen and oxygen atoms in total. The molecule has 1 atom stereocenters. The molecule has 0 spiro atoms. The molecule has 0 amide bonds. The van der Waals surface area contributed by atoms with Crippen molar-refractivity contribution in [2.45, 2.75) is 26.7 Å². The van der Waals surface area contributed by atoms with E-state index < -0.39 is 0 Å². The average molecular weight is 259 g/mol. The molecule has 1 aromatic carbocycles. The van der Waals surface area contributed by atoms with Crippen LogP contribution in [0.1, 0.15) is 24.5 Å². The van der Waals surface area contributed by atoms with Crippen LogP contribution in [0.5, 0.6) is 0 Å². The summed E-state index contributed by atoms with van der Waals surface area (Å²) < 4.78 is 12.9. The normalized spacial score (nSPS) is 12.9. The summed E-state index contributed by atoms with van der Waals surface area (Å²) in [6.45, 7) is 4.23. The molecule has 0 aliphatic heterocycles. The Labute approximate surface area is 93.7 Å². The van der Waals surface area contributed by atoms with E-state index in [4.69, 9.17) is 0 Å². The summed E-state index contributed by atoms with van der Waals surface area (Å²) >= 11 is 3.45. The average Bonchev–Trinajstić information content (AvgIpc) is 2.19. The van der Waals surface area contributed by atoms with Gasteiger partial charge < -0.3 is 0 Å². The van der Waals surface area contributed by atoms with E-state index in [9.17, 15) is 4.39 Å². The second-order valence-corrected chi connectivity index (χ2v) is 4.52. The van der Waals surface area contributed by atoms with Crippen molar-refractivity contribution in [1.82, 2.24) is 0 Å². The van der Waals surface area contributed by atoms with Gasteiger partial charge in [-0.1, -0.05) is 28.9 Å². The highest BCUT2D eigenvalue weighted by Gasteiger charge is 2.04. The van der Waals surface area contributed by atoms with Crippen molar-refractivity contribution in [3.63, 3.8) is 0 Å². The lowest BCUT2D eigenvalue weighted by Gasteiger charge is -2.09. The Bertz CT molecular complexity index is 296. The first-order valence-electron chi connectivity index (χ1n) is 4.94. The standard InChI is InChI=1S/C12H16BrF/c1-9(8-13)3-5-11-7-12(14)6-4-10(11)2/h4,6-7,9H,3,5,8H2,1-2H3. The highest BCUT2D eigenvalue weighted by atomic mass is 79.9. The zero-order valence-corrected chi connectivity index (χ0v) is 10.3. The van der Waals surface area contributed by atoms with Gasteiger partial charge in [-0.3, -0.25) is 0 Å². The van der Waals surface area contributed by atoms with Crippen LogP contribution in [-0.4, -0.2) is 5.33 Å². The summed E-state index contributed by atoms with van der Waals surface area (Å²) in [6.07, 6.45) is 2.08. The Morgan fingerprint density at radius 1 is 1.43 bits per heavy atom. The van der Waals surface area contributed by atoms with Crippen LogP contribution in [0, 0.1) is 18.7 Å². The van der Waals surface area contributed by atoms with E-state index >= 15 is 0 Å². The second kappa shape index (κ2) is 5.50. The molecule has 1 unspecified atom stereocenters. The fourth-order valence-electron chi connectivity index (χ4n) is 1.39. The van der Waals surface area contributed by atoms with Gasteiger partial charge in [-0.25, -0.2) is 4.39 Å². The van der Waals surface area contributed by atoms with Crippen molar-refractivity contribution < 1.29 is 4.39 Å². The van der Waals surface area contributed by atoms with Crippen LogP contribution in [0.3, 0.4) is 0 Å². The highest BCUT2D eigenvalue weighted by Crippen LogP contribution is 2.16. The molecule has 78 valence electrons. The van der Waals surface area contributed by atoms with Crippen LogP contribution in [0.25, 0.3) is 0 Å². The van der Waals surface area contributed by atoms with E-state index in [1.807, 2.05) is 13.0 Å². The Morgan fingerprint density at radius 2 is 2.14 bits per heavy atom. The second-order valence-electron chi connectivity index (χ2n) is 3.87. The van der Waals surface area contributed by atoms with Crippen LogP contribution in [0.4, 0.5) is 4.39 Å². The number of alkyl halides is 1. The molecule has 0 saturated heterocycles. The van der Waals surface area contributed by atoms with Gasteiger partial charge >= 0.3 is 0 Å². The molecular weight excluding hydrogens is 243 g/mol. The zero-order valence-electron chi connectivity index (χ0n) is 8.69. The van der Waals surface area contributed by atoms with E-state index in [-0.39, 0.29) is 5.82 Å². The molecular formula is C12H16BrF. The molecule has 0 aromatic heterocycles. The van der Waals surface area contributed by atoms with Gasteiger partial charge in [0.2, 0.25) is 0 Å². The van der Waals surface area contributed by atoms with Gasteiger partial charge in [-0.05, 0) is 48.9 Å². The first-order valence-corrected chi connectivity index (χ1v) is 6.06. The van der Waals surface area contributed by atoms with Crippen molar-refractivity contribution >= 4 is 15.9 Å². The summed E-state index contributed by atoms with van der Waals surface area (Å²) in [7, 11) is 0. The SMILES string of the molecule is Cc1ccc(F)cc1CCC(C)CBr. The van der Waals surface area contributed by atoms with Crippen LogP contribution in [-0.2, 0) is 6.42 Å². The number of hydrogen-bond donors (Lipinski definition) is 0. The zero-order chi connectivity index (χ0) is 10.6. The summed E-state index contributed by atoms with van der Waals surface area (Å²) in [6, 6.07) is 5.02. The van der Waals surface area contributed by atoms with Crippen molar-refractivity contribution in [2.75, 3.05) is 5.33 Å². The fraction of sp³-hybridized carbons (Fsp3) is 0.500. The molecule has 0 aliphatic rings. The smallest absolute Gasteiger partial charge is 0.123 e. The Kier molecular flexibility index (Phi) is 4.59. The van der Waals surface area contributed by atoms with Crippen molar-refractivity contribution in [3.05, 3.63) is 35.1 Å². The lowest BCUT2D eigenvalue weighted by atomic mass is 9.99. The fourth-order valence-corrected chi connectivity index (χ4v) is 1.71. The molecule has 0 radical (unpaired) electrons. The third-order valence-corrected chi connectivity index (χ3v) is 3.59. The maximum atomic E-state index is 12.9. The van der Waals surface area contributed by atoms with Crippen molar-refractivity contribution in [3.8, 4) is 0 Å². The quantitative estimate of drug-likeness (QED) is 0.714. The summed E-state index contributed by atoms with van der Waals surface area (Å²) in [5, 5.41) is 1.02. The van der Waals surface area contributed by atoms with Crippen LogP contribution >= 0.6 is 15.9 Å². The van der Waals surface area contributed by atoms with Crippen molar-refractivity contribution in [1.29, 1.82) is 0 Å². The summed E-state index contributed by atoms with van der Waals surface area (Å²) in [5.41, 5.74) is 2.32. The Hall–Kier alpha value is -0.370. The third kappa shape index (κ3) is 3.41. The molecule has 0 bridgehead atoms. The lowest BCUT2D eigenvalue weighted by Crippen LogP contribution is -2.00. The van der Waals surface area contributed by atoms with E-state index in [0.717, 1.165) is 23.7 Å². The molecule has 0 heterocycles. The van der Waals surface area contributed by atoms with Gasteiger partial charge in [0.15, 0.2) is 0 Å². The molecule has 0 fully saturated rings. The van der Waals surface area contributed by atoms with Crippen LogP contribution in [0.15, 0.2) is 18.2 Å². The predicted octanol–water partition coefficient (Wildman–Crippen LogP) is 4.10. The molecule has 1 rings (SSSR count). The van der Waals surface area contributed by atoms with E-state index in [0.29, 0.717) is 5.92 Å². The first-order chi connectivity index (χ1) is 6.63. The largest absolute Gasteiger partial charge is 0.207 e. The van der Waals surface area contributed by atoms with E-state index in [1.54, 1.807) is 6.07 Å². The van der Waals surface area contributed by atoms with E-state index in [1.165, 1.54) is 11.6 Å². The van der Waals surface area contributed by atoms with Crippen molar-refractivity contribution in [2.24, 2.45) is 5.92 Å². The summed E-state index contributed by atoms with van der Waals surface area (Å²) in [4.78, 5) is 0. The number of benzene rings is 1. The topological polar surface area (TPSA) is 0 Å². The minimum atomic E-state index is -0.128. The molecule has 0 aliphatic carbocycles. The maximum Gasteiger partial charge on any atom is 0.123 e. The number of rotatable bonds is 4. The lowest BCUT2D eigenvalue weighted by molar-refractivity contribution is 0.591. The Morgan fingerprint density at radius 3 is 2.79 bits per heavy atom. The van der Waals surface area contributed by atoms with Gasteiger partial charge in [0.05, 0.1) is 0 Å². The summed E-state index contributed by atoms with van der Waals surface area (Å²) in [5.74, 6) is 0.523. The molecule has 0 N–H and O–H groups in total. The van der Waals surface area contributed by atoms with E-state index in [2.05, 4.69) is 22.9 Å². The van der Waals surface area contributed by atoms with Crippen LogP contribution in [0.2, 0.25) is 0 Å². The predicted molar refractivity (Wildman–Crippen MR) is 62.4 cm³/mol.